The van der Waals surface area contributed by atoms with Gasteiger partial charge in [-0.15, -0.1) is 0 Å². The van der Waals surface area contributed by atoms with E-state index < -0.39 is 18.9 Å². The first kappa shape index (κ1) is 17.1. The Labute approximate surface area is 131 Å². The van der Waals surface area contributed by atoms with Crippen LogP contribution in [0.15, 0.2) is 30.3 Å². The van der Waals surface area contributed by atoms with Crippen LogP contribution in [-0.4, -0.2) is 42.8 Å². The standard InChI is InChI=1S/C15H17F3N2O3/c16-15(17,18)10-23-14(22)20-8-6-11(7-9-20)13(21)19-12-4-2-1-3-5-12/h1-5,11H,6-10H2,(H,19,21). The van der Waals surface area contributed by atoms with E-state index in [1.54, 1.807) is 24.3 Å². The fraction of sp³-hybridized carbons (Fsp3) is 0.467. The Morgan fingerprint density at radius 2 is 1.78 bits per heavy atom. The number of nitrogens with one attached hydrogen (secondary N) is 1. The number of benzene rings is 1. The van der Waals surface area contributed by atoms with Crippen LogP contribution in [0.3, 0.4) is 0 Å². The minimum absolute atomic E-state index is 0.153. The number of ether oxygens (including phenoxy) is 1. The van der Waals surface area contributed by atoms with Crippen molar-refractivity contribution in [3.63, 3.8) is 0 Å². The third kappa shape index (κ3) is 5.46. The predicted molar refractivity (Wildman–Crippen MR) is 76.8 cm³/mol. The van der Waals surface area contributed by atoms with Crippen LogP contribution in [0, 0.1) is 5.92 Å². The van der Waals surface area contributed by atoms with Crippen molar-refractivity contribution < 1.29 is 27.5 Å². The van der Waals surface area contributed by atoms with Gasteiger partial charge in [0, 0.05) is 24.7 Å². The third-order valence-electron chi connectivity index (χ3n) is 3.52. The molecule has 2 amide bonds. The number of hydrogen-bond acceptors (Lipinski definition) is 3. The lowest BCUT2D eigenvalue weighted by Crippen LogP contribution is -2.42. The van der Waals surface area contributed by atoms with Crippen LogP contribution in [0.5, 0.6) is 0 Å². The highest BCUT2D eigenvalue weighted by Crippen LogP contribution is 2.21. The SMILES string of the molecule is O=C(Nc1ccccc1)C1CCN(C(=O)OCC(F)(F)F)CC1. The lowest BCUT2D eigenvalue weighted by molar-refractivity contribution is -0.162. The molecule has 126 valence electrons. The summed E-state index contributed by atoms with van der Waals surface area (Å²) < 4.78 is 40.2. The number of likely N-dealkylation sites (tertiary alicyclic amines) is 1. The number of piperidine rings is 1. The van der Waals surface area contributed by atoms with E-state index in [0.29, 0.717) is 18.5 Å². The molecule has 0 bridgehead atoms. The summed E-state index contributed by atoms with van der Waals surface area (Å²) in [6, 6.07) is 8.97. The first-order valence-corrected chi connectivity index (χ1v) is 7.19. The Balaban J connectivity index is 1.77. The zero-order valence-corrected chi connectivity index (χ0v) is 12.3. The molecule has 0 atom stereocenters. The maximum absolute atomic E-state index is 12.1. The zero-order valence-electron chi connectivity index (χ0n) is 12.3. The maximum Gasteiger partial charge on any atom is 0.422 e. The second kappa shape index (κ2) is 7.34. The summed E-state index contributed by atoms with van der Waals surface area (Å²) in [5, 5.41) is 2.78. The van der Waals surface area contributed by atoms with Crippen LogP contribution in [0.4, 0.5) is 23.7 Å². The maximum atomic E-state index is 12.1. The molecule has 5 nitrogen and oxygen atoms in total. The number of carbonyl (C=O) groups excluding carboxylic acids is 2. The number of rotatable bonds is 3. The molecule has 0 unspecified atom stereocenters. The second-order valence-corrected chi connectivity index (χ2v) is 5.29. The molecule has 1 heterocycles. The molecule has 8 heteroatoms. The smallest absolute Gasteiger partial charge is 0.422 e. The van der Waals surface area contributed by atoms with Gasteiger partial charge in [-0.05, 0) is 25.0 Å². The molecule has 1 aliphatic heterocycles. The largest absolute Gasteiger partial charge is 0.440 e. The number of hydrogen-bond donors (Lipinski definition) is 1. The van der Waals surface area contributed by atoms with Gasteiger partial charge in [0.2, 0.25) is 5.91 Å². The minimum Gasteiger partial charge on any atom is -0.440 e. The van der Waals surface area contributed by atoms with Crippen molar-refractivity contribution in [2.75, 3.05) is 25.0 Å². The summed E-state index contributed by atoms with van der Waals surface area (Å²) in [6.07, 6.45) is -4.76. The van der Waals surface area contributed by atoms with Crippen LogP contribution < -0.4 is 5.32 Å². The summed E-state index contributed by atoms with van der Waals surface area (Å²) in [5.74, 6) is -0.429. The molecular weight excluding hydrogens is 313 g/mol. The van der Waals surface area contributed by atoms with Crippen molar-refractivity contribution in [2.24, 2.45) is 5.92 Å². The van der Waals surface area contributed by atoms with Crippen molar-refractivity contribution in [2.45, 2.75) is 19.0 Å². The molecule has 1 aromatic carbocycles. The summed E-state index contributed by atoms with van der Waals surface area (Å²) in [7, 11) is 0. The van der Waals surface area contributed by atoms with Crippen molar-refractivity contribution in [1.82, 2.24) is 4.90 Å². The van der Waals surface area contributed by atoms with Gasteiger partial charge in [0.1, 0.15) is 0 Å². The Morgan fingerprint density at radius 1 is 1.17 bits per heavy atom. The van der Waals surface area contributed by atoms with Gasteiger partial charge >= 0.3 is 12.3 Å². The summed E-state index contributed by atoms with van der Waals surface area (Å²) in [6.45, 7) is -1.20. The van der Waals surface area contributed by atoms with Gasteiger partial charge in [-0.1, -0.05) is 18.2 Å². The van der Waals surface area contributed by atoms with Crippen LogP contribution in [0.25, 0.3) is 0 Å². The number of nitrogens with zero attached hydrogens (tertiary/aromatic N) is 1. The highest BCUT2D eigenvalue weighted by Gasteiger charge is 2.32. The van der Waals surface area contributed by atoms with Crippen LogP contribution in [-0.2, 0) is 9.53 Å². The van der Waals surface area contributed by atoms with E-state index in [1.165, 1.54) is 4.90 Å². The first-order chi connectivity index (χ1) is 10.8. The van der Waals surface area contributed by atoms with E-state index in [2.05, 4.69) is 10.1 Å². The topological polar surface area (TPSA) is 58.6 Å². The quantitative estimate of drug-likeness (QED) is 0.927. The molecule has 1 aliphatic rings. The average Bonchev–Trinajstić information content (AvgIpc) is 2.53. The first-order valence-electron chi connectivity index (χ1n) is 7.19. The van der Waals surface area contributed by atoms with Crippen molar-refractivity contribution in [3.05, 3.63) is 30.3 Å². The molecule has 0 saturated carbocycles. The highest BCUT2D eigenvalue weighted by atomic mass is 19.4. The Bertz CT molecular complexity index is 541. The predicted octanol–water partition coefficient (Wildman–Crippen LogP) is 3.04. The Morgan fingerprint density at radius 3 is 2.35 bits per heavy atom. The molecule has 0 spiro atoms. The number of carbonyl (C=O) groups is 2. The van der Waals surface area contributed by atoms with Crippen LogP contribution >= 0.6 is 0 Å². The van der Waals surface area contributed by atoms with Crippen molar-refractivity contribution in [1.29, 1.82) is 0 Å². The van der Waals surface area contributed by atoms with Crippen LogP contribution in [0.2, 0.25) is 0 Å². The molecular formula is C15H17F3N2O3. The molecule has 1 fully saturated rings. The molecule has 0 aliphatic carbocycles. The minimum atomic E-state index is -4.54. The summed E-state index contributed by atoms with van der Waals surface area (Å²) in [4.78, 5) is 24.8. The van der Waals surface area contributed by atoms with E-state index in [4.69, 9.17) is 0 Å². The average molecular weight is 330 g/mol. The number of para-hydroxylation sites is 1. The van der Waals surface area contributed by atoms with Gasteiger partial charge in [0.05, 0.1) is 0 Å². The summed E-state index contributed by atoms with van der Waals surface area (Å²) >= 11 is 0. The highest BCUT2D eigenvalue weighted by molar-refractivity contribution is 5.92. The van der Waals surface area contributed by atoms with E-state index in [9.17, 15) is 22.8 Å². The Hall–Kier alpha value is -2.25. The van der Waals surface area contributed by atoms with Crippen LogP contribution in [0.1, 0.15) is 12.8 Å². The van der Waals surface area contributed by atoms with Crippen molar-refractivity contribution in [3.8, 4) is 0 Å². The number of anilines is 1. The fourth-order valence-corrected chi connectivity index (χ4v) is 2.32. The van der Waals surface area contributed by atoms with E-state index in [0.717, 1.165) is 0 Å². The van der Waals surface area contributed by atoms with Crippen molar-refractivity contribution >= 4 is 17.7 Å². The lowest BCUT2D eigenvalue weighted by Gasteiger charge is -2.30. The van der Waals surface area contributed by atoms with E-state index in [-0.39, 0.29) is 24.9 Å². The third-order valence-corrected chi connectivity index (χ3v) is 3.52. The molecule has 2 rings (SSSR count). The van der Waals surface area contributed by atoms with Gasteiger partial charge in [0.25, 0.3) is 0 Å². The second-order valence-electron chi connectivity index (χ2n) is 5.29. The zero-order chi connectivity index (χ0) is 16.9. The van der Waals surface area contributed by atoms with Gasteiger partial charge in [-0.3, -0.25) is 4.79 Å². The van der Waals surface area contributed by atoms with E-state index >= 15 is 0 Å². The molecule has 1 saturated heterocycles. The summed E-state index contributed by atoms with van der Waals surface area (Å²) in [5.41, 5.74) is 0.685. The molecule has 1 aromatic rings. The molecule has 0 aromatic heterocycles. The normalized spacial score (nSPS) is 16.0. The number of halogens is 3. The number of alkyl halides is 3. The van der Waals surface area contributed by atoms with Gasteiger partial charge in [-0.2, -0.15) is 13.2 Å². The molecule has 1 N–H and O–H groups in total. The Kier molecular flexibility index (Phi) is 5.46. The monoisotopic (exact) mass is 330 g/mol. The number of amides is 2. The van der Waals surface area contributed by atoms with Gasteiger partial charge in [0.15, 0.2) is 6.61 Å². The fourth-order valence-electron chi connectivity index (χ4n) is 2.32. The van der Waals surface area contributed by atoms with Gasteiger partial charge < -0.3 is 15.0 Å². The molecule has 23 heavy (non-hydrogen) atoms. The lowest BCUT2D eigenvalue weighted by atomic mass is 9.96. The van der Waals surface area contributed by atoms with Gasteiger partial charge in [-0.25, -0.2) is 4.79 Å². The molecule has 0 radical (unpaired) electrons. The van der Waals surface area contributed by atoms with E-state index in [1.807, 2.05) is 6.07 Å².